The lowest BCUT2D eigenvalue weighted by Gasteiger charge is -2.00. The average Bonchev–Trinajstić information content (AvgIpc) is 2.75. The maximum atomic E-state index is 11.7. The third-order valence-electron chi connectivity index (χ3n) is 2.42. The molecule has 0 amide bonds. The molecule has 0 atom stereocenters. The first-order chi connectivity index (χ1) is 8.24. The van der Waals surface area contributed by atoms with Crippen LogP contribution < -0.4 is 0 Å². The predicted octanol–water partition coefficient (Wildman–Crippen LogP) is 3.22. The van der Waals surface area contributed by atoms with Crippen molar-refractivity contribution in [3.8, 4) is 11.4 Å². The molecule has 3 aromatic rings. The van der Waals surface area contributed by atoms with Crippen molar-refractivity contribution in [2.75, 3.05) is 0 Å². The largest absolute Gasteiger partial charge is 0.287 e. The first-order valence-corrected chi connectivity index (χ1v) is 5.41. The molecule has 0 saturated carbocycles. The van der Waals surface area contributed by atoms with Gasteiger partial charge < -0.3 is 0 Å². The van der Waals surface area contributed by atoms with Crippen molar-refractivity contribution in [1.29, 1.82) is 0 Å². The van der Waals surface area contributed by atoms with Crippen LogP contribution in [0.25, 0.3) is 16.7 Å². The van der Waals surface area contributed by atoms with Gasteiger partial charge in [-0.2, -0.15) is 0 Å². The van der Waals surface area contributed by atoms with E-state index in [1.54, 1.807) is 12.1 Å². The summed E-state index contributed by atoms with van der Waals surface area (Å²) in [5, 5.41) is 20.6. The second kappa shape index (κ2) is 3.75. The summed E-state index contributed by atoms with van der Waals surface area (Å²) in [4.78, 5) is 1.32. The van der Waals surface area contributed by atoms with E-state index in [0.717, 1.165) is 11.0 Å². The topological polar surface area (TPSA) is 50.6 Å². The van der Waals surface area contributed by atoms with Gasteiger partial charge in [-0.3, -0.25) is 5.11 Å². The fraction of sp³-hybridized carbons (Fsp3) is 0. The Balaban J connectivity index is 2.23. The van der Waals surface area contributed by atoms with Gasteiger partial charge in [0.1, 0.15) is 16.7 Å². The number of fused-ring (bicyclic) bond motifs is 1. The molecule has 1 aromatic heterocycles. The number of rotatable bonds is 1. The fourth-order valence-corrected chi connectivity index (χ4v) is 1.78. The Morgan fingerprint density at radius 3 is 2.29 bits per heavy atom. The molecule has 83 valence electrons. The average molecular weight is 245 g/mol. The molecule has 3 rings (SSSR count). The van der Waals surface area contributed by atoms with Crippen LogP contribution in [0.3, 0.4) is 0 Å². The maximum Gasteiger partial charge on any atom is 0.206 e. The van der Waals surface area contributed by atoms with E-state index in [-0.39, 0.29) is 5.75 Å². The number of aromatic nitrogens is 3. The molecule has 0 aliphatic heterocycles. The molecule has 1 radical (unpaired) electrons. The lowest BCUT2D eigenvalue weighted by molar-refractivity contribution is 0.351. The Bertz CT molecular complexity index is 660. The van der Waals surface area contributed by atoms with E-state index in [4.69, 9.17) is 11.6 Å². The van der Waals surface area contributed by atoms with Crippen LogP contribution in [0.1, 0.15) is 0 Å². The zero-order chi connectivity index (χ0) is 11.8. The Hall–Kier alpha value is -2.07. The molecular formula is C12H7ClN3O. The van der Waals surface area contributed by atoms with E-state index < -0.39 is 0 Å². The summed E-state index contributed by atoms with van der Waals surface area (Å²) in [5.41, 5.74) is 1.84. The van der Waals surface area contributed by atoms with Crippen LogP contribution in [0.2, 0.25) is 5.02 Å². The second-order valence-corrected chi connectivity index (χ2v) is 4.03. The van der Waals surface area contributed by atoms with E-state index in [2.05, 4.69) is 10.2 Å². The van der Waals surface area contributed by atoms with Crippen molar-refractivity contribution in [2.45, 2.75) is 0 Å². The van der Waals surface area contributed by atoms with E-state index in [1.165, 1.54) is 10.9 Å². The van der Waals surface area contributed by atoms with Crippen LogP contribution in [-0.2, 0) is 5.11 Å². The molecule has 5 heteroatoms. The zero-order valence-corrected chi connectivity index (χ0v) is 9.43. The molecule has 0 saturated heterocycles. The van der Waals surface area contributed by atoms with Gasteiger partial charge in [0, 0.05) is 5.02 Å². The summed E-state index contributed by atoms with van der Waals surface area (Å²) >= 11 is 5.86. The highest BCUT2D eigenvalue weighted by atomic mass is 35.5. The molecule has 0 fully saturated rings. The van der Waals surface area contributed by atoms with Crippen LogP contribution in [0.5, 0.6) is 5.75 Å². The number of halogens is 1. The summed E-state index contributed by atoms with van der Waals surface area (Å²) < 4.78 is 0. The van der Waals surface area contributed by atoms with Gasteiger partial charge >= 0.3 is 0 Å². The van der Waals surface area contributed by atoms with Gasteiger partial charge in [0.15, 0.2) is 0 Å². The molecule has 0 spiro atoms. The van der Waals surface area contributed by atoms with E-state index in [9.17, 15) is 5.11 Å². The molecule has 0 aliphatic carbocycles. The molecule has 2 aromatic carbocycles. The normalized spacial score (nSPS) is 10.9. The number of hydrogen-bond donors (Lipinski definition) is 0. The Morgan fingerprint density at radius 2 is 1.65 bits per heavy atom. The molecular weight excluding hydrogens is 238 g/mol. The molecule has 17 heavy (non-hydrogen) atoms. The van der Waals surface area contributed by atoms with Gasteiger partial charge in [-0.25, -0.2) is 0 Å². The van der Waals surface area contributed by atoms with Gasteiger partial charge in [0.2, 0.25) is 5.75 Å². The number of hydrogen-bond acceptors (Lipinski definition) is 2. The summed E-state index contributed by atoms with van der Waals surface area (Å²) in [7, 11) is 0. The summed E-state index contributed by atoms with van der Waals surface area (Å²) in [6.07, 6.45) is 0. The Kier molecular flexibility index (Phi) is 2.23. The van der Waals surface area contributed by atoms with Crippen LogP contribution in [0.15, 0.2) is 42.5 Å². The predicted molar refractivity (Wildman–Crippen MR) is 64.0 cm³/mol. The van der Waals surface area contributed by atoms with Crippen LogP contribution in [0, 0.1) is 0 Å². The van der Waals surface area contributed by atoms with E-state index >= 15 is 0 Å². The highest BCUT2D eigenvalue weighted by molar-refractivity contribution is 6.30. The minimum Gasteiger partial charge on any atom is -0.287 e. The first kappa shape index (κ1) is 10.1. The van der Waals surface area contributed by atoms with Gasteiger partial charge in [0.05, 0.1) is 0 Å². The molecule has 0 aliphatic rings. The lowest BCUT2D eigenvalue weighted by Crippen LogP contribution is -1.98. The number of nitrogens with zero attached hydrogens (tertiary/aromatic N) is 3. The van der Waals surface area contributed by atoms with Gasteiger partial charge in [-0.15, -0.1) is 15.0 Å². The van der Waals surface area contributed by atoms with E-state index in [1.807, 2.05) is 24.3 Å². The minimum absolute atomic E-state index is 0.158. The zero-order valence-electron chi connectivity index (χ0n) is 8.67. The lowest BCUT2D eigenvalue weighted by atomic mass is 10.3. The maximum absolute atomic E-state index is 11.7. The first-order valence-electron chi connectivity index (χ1n) is 5.03. The third kappa shape index (κ3) is 1.72. The van der Waals surface area contributed by atoms with E-state index in [0.29, 0.717) is 10.7 Å². The van der Waals surface area contributed by atoms with Crippen molar-refractivity contribution in [3.05, 3.63) is 47.5 Å². The molecule has 4 nitrogen and oxygen atoms in total. The second-order valence-electron chi connectivity index (χ2n) is 3.59. The van der Waals surface area contributed by atoms with Crippen LogP contribution >= 0.6 is 11.6 Å². The van der Waals surface area contributed by atoms with Crippen molar-refractivity contribution >= 4 is 22.6 Å². The SMILES string of the molecule is [O]c1ccc(Cl)cc1-n1nc2ccccc2n1. The standard InChI is InChI=1S/C12H7ClN3O/c13-8-5-6-12(17)11(7-8)16-14-9-3-1-2-4-10(9)15-16/h1-7H. The smallest absolute Gasteiger partial charge is 0.206 e. The monoisotopic (exact) mass is 244 g/mol. The van der Waals surface area contributed by atoms with Crippen LogP contribution in [0.4, 0.5) is 0 Å². The minimum atomic E-state index is -0.158. The Labute approximate surface area is 102 Å². The summed E-state index contributed by atoms with van der Waals surface area (Å²) in [6.45, 7) is 0. The van der Waals surface area contributed by atoms with Crippen molar-refractivity contribution < 1.29 is 5.11 Å². The summed E-state index contributed by atoms with van der Waals surface area (Å²) in [6, 6.07) is 11.9. The van der Waals surface area contributed by atoms with Gasteiger partial charge in [0.25, 0.3) is 0 Å². The molecule has 0 N–H and O–H groups in total. The third-order valence-corrected chi connectivity index (χ3v) is 2.66. The summed E-state index contributed by atoms with van der Waals surface area (Å²) in [5.74, 6) is -0.158. The highest BCUT2D eigenvalue weighted by Crippen LogP contribution is 2.25. The molecule has 0 unspecified atom stereocenters. The van der Waals surface area contributed by atoms with Crippen molar-refractivity contribution in [1.82, 2.24) is 15.0 Å². The van der Waals surface area contributed by atoms with Crippen molar-refractivity contribution in [2.24, 2.45) is 0 Å². The molecule has 1 heterocycles. The highest BCUT2D eigenvalue weighted by Gasteiger charge is 2.10. The van der Waals surface area contributed by atoms with Gasteiger partial charge in [-0.1, -0.05) is 23.7 Å². The van der Waals surface area contributed by atoms with Crippen LogP contribution in [-0.4, -0.2) is 15.0 Å². The number of benzene rings is 2. The molecule has 0 bridgehead atoms. The van der Waals surface area contributed by atoms with Crippen molar-refractivity contribution in [3.63, 3.8) is 0 Å². The van der Waals surface area contributed by atoms with Gasteiger partial charge in [-0.05, 0) is 30.3 Å². The Morgan fingerprint density at radius 1 is 1.00 bits per heavy atom. The quantitative estimate of drug-likeness (QED) is 0.660. The fourth-order valence-electron chi connectivity index (χ4n) is 1.61.